The summed E-state index contributed by atoms with van der Waals surface area (Å²) in [7, 11) is 4.25. The van der Waals surface area contributed by atoms with Gasteiger partial charge < -0.3 is 9.22 Å². The second-order valence-electron chi connectivity index (χ2n) is 6.50. The molecule has 19 heavy (non-hydrogen) atoms. The molecule has 0 amide bonds. The maximum absolute atomic E-state index is 12.3. The lowest BCUT2D eigenvalue weighted by molar-refractivity contribution is -0.938. The van der Waals surface area contributed by atoms with Crippen LogP contribution in [-0.2, 0) is 16.1 Å². The SMILES string of the molecule is CC1(C)CCC(C(=O)OCc2ccccc2)[N+]1(C)C. The van der Waals surface area contributed by atoms with Crippen molar-refractivity contribution in [2.75, 3.05) is 14.1 Å². The summed E-state index contributed by atoms with van der Waals surface area (Å²) in [4.78, 5) is 12.3. The predicted molar refractivity (Wildman–Crippen MR) is 75.4 cm³/mol. The fraction of sp³-hybridized carbons (Fsp3) is 0.562. The van der Waals surface area contributed by atoms with Gasteiger partial charge in [-0.2, -0.15) is 0 Å². The van der Waals surface area contributed by atoms with Gasteiger partial charge in [0.2, 0.25) is 0 Å². The summed E-state index contributed by atoms with van der Waals surface area (Å²) in [5, 5.41) is 0. The standard InChI is InChI=1S/C16H24NO2/c1-16(2)11-10-14(17(16,3)4)15(18)19-12-13-8-6-5-7-9-13/h5-9,14H,10-12H2,1-4H3/q+1. The van der Waals surface area contributed by atoms with Crippen molar-refractivity contribution in [3.63, 3.8) is 0 Å². The minimum absolute atomic E-state index is 0.0429. The van der Waals surface area contributed by atoms with E-state index in [4.69, 9.17) is 4.74 Å². The number of hydrogen-bond acceptors (Lipinski definition) is 2. The van der Waals surface area contributed by atoms with E-state index in [1.807, 2.05) is 30.3 Å². The van der Waals surface area contributed by atoms with E-state index < -0.39 is 0 Å². The summed E-state index contributed by atoms with van der Waals surface area (Å²) in [6, 6.07) is 9.80. The van der Waals surface area contributed by atoms with Gasteiger partial charge in [0.1, 0.15) is 6.61 Å². The fourth-order valence-corrected chi connectivity index (χ4v) is 2.73. The first-order valence-electron chi connectivity index (χ1n) is 6.89. The molecule has 1 saturated heterocycles. The maximum Gasteiger partial charge on any atom is 0.365 e. The third-order valence-corrected chi connectivity index (χ3v) is 4.86. The molecule has 0 aliphatic carbocycles. The Kier molecular flexibility index (Phi) is 3.68. The normalized spacial score (nSPS) is 24.1. The van der Waals surface area contributed by atoms with Crippen LogP contribution in [0.2, 0.25) is 0 Å². The smallest absolute Gasteiger partial charge is 0.365 e. The van der Waals surface area contributed by atoms with Crippen LogP contribution in [0.15, 0.2) is 30.3 Å². The quantitative estimate of drug-likeness (QED) is 0.618. The van der Waals surface area contributed by atoms with Gasteiger partial charge in [-0.3, -0.25) is 0 Å². The lowest BCUT2D eigenvalue weighted by Crippen LogP contribution is -2.58. The summed E-state index contributed by atoms with van der Waals surface area (Å²) in [6.45, 7) is 4.81. The highest BCUT2D eigenvalue weighted by molar-refractivity contribution is 5.75. The molecule has 1 unspecified atom stereocenters. The Morgan fingerprint density at radius 1 is 1.32 bits per heavy atom. The second-order valence-corrected chi connectivity index (χ2v) is 6.50. The number of carbonyl (C=O) groups is 1. The highest BCUT2D eigenvalue weighted by Gasteiger charge is 2.52. The number of hydrogen-bond donors (Lipinski definition) is 0. The van der Waals surface area contributed by atoms with Gasteiger partial charge in [-0.25, -0.2) is 4.79 Å². The number of nitrogens with zero attached hydrogens (tertiary/aromatic N) is 1. The van der Waals surface area contributed by atoms with Gasteiger partial charge >= 0.3 is 5.97 Å². The van der Waals surface area contributed by atoms with Gasteiger partial charge in [-0.15, -0.1) is 0 Å². The first kappa shape index (κ1) is 14.1. The molecule has 0 aromatic heterocycles. The van der Waals surface area contributed by atoms with Crippen molar-refractivity contribution in [2.45, 2.75) is 44.9 Å². The van der Waals surface area contributed by atoms with Crippen LogP contribution in [0.5, 0.6) is 0 Å². The van der Waals surface area contributed by atoms with Crippen molar-refractivity contribution in [3.8, 4) is 0 Å². The van der Waals surface area contributed by atoms with E-state index in [2.05, 4.69) is 27.9 Å². The third-order valence-electron chi connectivity index (χ3n) is 4.86. The maximum atomic E-state index is 12.3. The van der Waals surface area contributed by atoms with Crippen LogP contribution < -0.4 is 0 Å². The number of rotatable bonds is 3. The van der Waals surface area contributed by atoms with Crippen LogP contribution in [0.3, 0.4) is 0 Å². The topological polar surface area (TPSA) is 26.3 Å². The predicted octanol–water partition coefficient (Wildman–Crippen LogP) is 2.75. The van der Waals surface area contributed by atoms with Crippen LogP contribution in [-0.4, -0.2) is 36.1 Å². The molecule has 1 aromatic rings. The molecule has 1 aliphatic rings. The van der Waals surface area contributed by atoms with Crippen molar-refractivity contribution >= 4 is 5.97 Å². The molecule has 1 heterocycles. The Morgan fingerprint density at radius 2 is 1.95 bits per heavy atom. The number of ether oxygens (including phenoxy) is 1. The summed E-state index contributed by atoms with van der Waals surface area (Å²) in [5.74, 6) is -0.0700. The molecule has 0 spiro atoms. The van der Waals surface area contributed by atoms with Gasteiger partial charge in [0.25, 0.3) is 0 Å². The van der Waals surface area contributed by atoms with Crippen LogP contribution in [0.25, 0.3) is 0 Å². The van der Waals surface area contributed by atoms with E-state index in [-0.39, 0.29) is 17.6 Å². The van der Waals surface area contributed by atoms with Crippen LogP contribution in [0.4, 0.5) is 0 Å². The minimum Gasteiger partial charge on any atom is -0.456 e. The Hall–Kier alpha value is -1.35. The average molecular weight is 262 g/mol. The second kappa shape index (κ2) is 4.97. The lowest BCUT2D eigenvalue weighted by atomic mass is 10.0. The number of likely N-dealkylation sites (tertiary alicyclic amines) is 1. The van der Waals surface area contributed by atoms with E-state index in [0.29, 0.717) is 11.1 Å². The van der Waals surface area contributed by atoms with E-state index in [1.54, 1.807) is 0 Å². The lowest BCUT2D eigenvalue weighted by Gasteiger charge is -2.41. The molecule has 3 heteroatoms. The van der Waals surface area contributed by atoms with Gasteiger partial charge in [0.05, 0.1) is 19.6 Å². The molecule has 1 aromatic carbocycles. The molecule has 1 fully saturated rings. The molecule has 1 atom stereocenters. The molecule has 104 valence electrons. The summed E-state index contributed by atoms with van der Waals surface area (Å²) in [5.41, 5.74) is 1.18. The van der Waals surface area contributed by atoms with Gasteiger partial charge in [0, 0.05) is 12.8 Å². The van der Waals surface area contributed by atoms with Crippen molar-refractivity contribution in [3.05, 3.63) is 35.9 Å². The van der Waals surface area contributed by atoms with Crippen molar-refractivity contribution < 1.29 is 14.0 Å². The number of likely N-dealkylation sites (N-methyl/N-ethyl adjacent to an activating group) is 1. The Balaban J connectivity index is 1.98. The Morgan fingerprint density at radius 3 is 2.47 bits per heavy atom. The number of benzene rings is 1. The van der Waals surface area contributed by atoms with Crippen molar-refractivity contribution in [2.24, 2.45) is 0 Å². The molecule has 1 aliphatic heterocycles. The van der Waals surface area contributed by atoms with E-state index in [9.17, 15) is 4.79 Å². The highest BCUT2D eigenvalue weighted by Crippen LogP contribution is 2.38. The van der Waals surface area contributed by atoms with E-state index in [1.165, 1.54) is 0 Å². The highest BCUT2D eigenvalue weighted by atomic mass is 16.5. The third kappa shape index (κ3) is 2.66. The summed E-state index contributed by atoms with van der Waals surface area (Å²) < 4.78 is 6.20. The van der Waals surface area contributed by atoms with Crippen molar-refractivity contribution in [1.29, 1.82) is 0 Å². The zero-order valence-electron chi connectivity index (χ0n) is 12.3. The molecule has 0 N–H and O–H groups in total. The summed E-state index contributed by atoms with van der Waals surface area (Å²) in [6.07, 6.45) is 1.97. The fourth-order valence-electron chi connectivity index (χ4n) is 2.73. The Labute approximate surface area is 115 Å². The number of quaternary nitrogens is 1. The van der Waals surface area contributed by atoms with Crippen LogP contribution in [0, 0.1) is 0 Å². The first-order chi connectivity index (χ1) is 8.84. The monoisotopic (exact) mass is 262 g/mol. The largest absolute Gasteiger partial charge is 0.456 e. The van der Waals surface area contributed by atoms with Crippen molar-refractivity contribution in [1.82, 2.24) is 0 Å². The van der Waals surface area contributed by atoms with Crippen LogP contribution in [0.1, 0.15) is 32.3 Å². The zero-order valence-corrected chi connectivity index (χ0v) is 12.3. The molecule has 3 nitrogen and oxygen atoms in total. The summed E-state index contributed by atoms with van der Waals surface area (Å²) >= 11 is 0. The molecule has 0 bridgehead atoms. The zero-order chi connectivity index (χ0) is 14.1. The number of esters is 1. The van der Waals surface area contributed by atoms with E-state index >= 15 is 0 Å². The molecule has 0 saturated carbocycles. The minimum atomic E-state index is -0.0700. The molecule has 2 rings (SSSR count). The van der Waals surface area contributed by atoms with Gasteiger partial charge in [-0.05, 0) is 19.4 Å². The van der Waals surface area contributed by atoms with Gasteiger partial charge in [0.15, 0.2) is 6.04 Å². The molecular weight excluding hydrogens is 238 g/mol. The number of carbonyl (C=O) groups excluding carboxylic acids is 1. The van der Waals surface area contributed by atoms with Crippen LogP contribution >= 0.6 is 0 Å². The van der Waals surface area contributed by atoms with Gasteiger partial charge in [-0.1, -0.05) is 30.3 Å². The first-order valence-corrected chi connectivity index (χ1v) is 6.89. The van der Waals surface area contributed by atoms with E-state index in [0.717, 1.165) is 18.4 Å². The molecule has 0 radical (unpaired) electrons. The Bertz CT molecular complexity index is 451. The molecular formula is C16H24NO2+. The average Bonchev–Trinajstić information content (AvgIpc) is 2.58.